The van der Waals surface area contributed by atoms with Crippen LogP contribution in [0, 0.1) is 5.41 Å². The van der Waals surface area contributed by atoms with E-state index >= 15 is 0 Å². The van der Waals surface area contributed by atoms with Gasteiger partial charge in [0, 0.05) is 19.5 Å². The summed E-state index contributed by atoms with van der Waals surface area (Å²) >= 11 is 0. The van der Waals surface area contributed by atoms with E-state index in [2.05, 4.69) is 5.32 Å². The summed E-state index contributed by atoms with van der Waals surface area (Å²) in [6.45, 7) is 1.06. The average molecular weight is 156 g/mol. The summed E-state index contributed by atoms with van der Waals surface area (Å²) < 4.78 is 24.4. The molecule has 0 radical (unpaired) electrons. The van der Waals surface area contributed by atoms with E-state index in [1.54, 1.807) is 0 Å². The Hall–Kier alpha value is 0.110. The SMILES string of the molecule is Cl.FC1(F)CC12CNC2. The fourth-order valence-corrected chi connectivity index (χ4v) is 1.19. The van der Waals surface area contributed by atoms with Crippen LogP contribution in [0.25, 0.3) is 0 Å². The maximum absolute atomic E-state index is 12.2. The first-order chi connectivity index (χ1) is 3.66. The molecule has 0 unspecified atom stereocenters. The Morgan fingerprint density at radius 3 is 1.67 bits per heavy atom. The summed E-state index contributed by atoms with van der Waals surface area (Å²) in [6, 6.07) is 0. The van der Waals surface area contributed by atoms with E-state index in [1.807, 2.05) is 0 Å². The smallest absolute Gasteiger partial charge is 0.257 e. The van der Waals surface area contributed by atoms with Gasteiger partial charge in [-0.05, 0) is 0 Å². The summed E-state index contributed by atoms with van der Waals surface area (Å²) in [5, 5.41) is 2.84. The third kappa shape index (κ3) is 0.679. The number of hydrogen-bond donors (Lipinski definition) is 1. The number of halogens is 3. The van der Waals surface area contributed by atoms with Crippen LogP contribution in [0.15, 0.2) is 0 Å². The molecule has 1 heterocycles. The second-order valence-electron chi connectivity index (χ2n) is 2.77. The van der Waals surface area contributed by atoms with E-state index < -0.39 is 11.3 Å². The lowest BCUT2D eigenvalue weighted by atomic mass is 10.00. The zero-order chi connectivity index (χ0) is 5.83. The number of nitrogens with one attached hydrogen (secondary N) is 1. The van der Waals surface area contributed by atoms with Gasteiger partial charge in [-0.25, -0.2) is 8.78 Å². The molecule has 54 valence electrons. The van der Waals surface area contributed by atoms with Gasteiger partial charge in [-0.1, -0.05) is 0 Å². The van der Waals surface area contributed by atoms with Crippen LogP contribution in [0.4, 0.5) is 8.78 Å². The van der Waals surface area contributed by atoms with Crippen molar-refractivity contribution in [1.82, 2.24) is 5.32 Å². The Balaban J connectivity index is 0.000000405. The predicted molar refractivity (Wildman–Crippen MR) is 32.1 cm³/mol. The van der Waals surface area contributed by atoms with Crippen LogP contribution < -0.4 is 5.32 Å². The average Bonchev–Trinajstić information content (AvgIpc) is 2.05. The van der Waals surface area contributed by atoms with Gasteiger partial charge in [-0.3, -0.25) is 0 Å². The molecule has 0 aromatic heterocycles. The molecule has 1 spiro atoms. The van der Waals surface area contributed by atoms with Crippen LogP contribution >= 0.6 is 12.4 Å². The first kappa shape index (κ1) is 7.22. The first-order valence-electron chi connectivity index (χ1n) is 2.75. The van der Waals surface area contributed by atoms with Gasteiger partial charge in [-0.2, -0.15) is 0 Å². The Kier molecular flexibility index (Phi) is 1.27. The van der Waals surface area contributed by atoms with Crippen LogP contribution in [-0.4, -0.2) is 19.0 Å². The third-order valence-corrected chi connectivity index (χ3v) is 2.14. The zero-order valence-corrected chi connectivity index (χ0v) is 5.60. The summed E-state index contributed by atoms with van der Waals surface area (Å²) in [7, 11) is 0. The van der Waals surface area contributed by atoms with Crippen LogP contribution in [-0.2, 0) is 0 Å². The highest BCUT2D eigenvalue weighted by Gasteiger charge is 2.73. The molecule has 9 heavy (non-hydrogen) atoms. The molecular formula is C5H8ClF2N. The van der Waals surface area contributed by atoms with Crippen molar-refractivity contribution in [3.8, 4) is 0 Å². The lowest BCUT2D eigenvalue weighted by molar-refractivity contribution is 0.0419. The fourth-order valence-electron chi connectivity index (χ4n) is 1.19. The van der Waals surface area contributed by atoms with E-state index in [1.165, 1.54) is 0 Å². The summed E-state index contributed by atoms with van der Waals surface area (Å²) in [5.74, 6) is -2.32. The molecule has 2 rings (SSSR count). The normalized spacial score (nSPS) is 32.7. The van der Waals surface area contributed by atoms with Gasteiger partial charge in [0.05, 0.1) is 5.41 Å². The van der Waals surface area contributed by atoms with Crippen LogP contribution in [0.1, 0.15) is 6.42 Å². The highest BCUT2D eigenvalue weighted by Crippen LogP contribution is 2.62. The van der Waals surface area contributed by atoms with E-state index in [0.29, 0.717) is 13.1 Å². The van der Waals surface area contributed by atoms with Crippen molar-refractivity contribution in [3.63, 3.8) is 0 Å². The van der Waals surface area contributed by atoms with Crippen molar-refractivity contribution in [3.05, 3.63) is 0 Å². The first-order valence-corrected chi connectivity index (χ1v) is 2.75. The molecule has 2 aliphatic rings. The van der Waals surface area contributed by atoms with E-state index in [4.69, 9.17) is 0 Å². The fraction of sp³-hybridized carbons (Fsp3) is 1.00. The predicted octanol–water partition coefficient (Wildman–Crippen LogP) is 1.04. The Labute approximate surface area is 58.2 Å². The summed E-state index contributed by atoms with van der Waals surface area (Å²) in [4.78, 5) is 0. The van der Waals surface area contributed by atoms with Crippen molar-refractivity contribution in [1.29, 1.82) is 0 Å². The molecule has 0 aromatic carbocycles. The van der Waals surface area contributed by atoms with Gasteiger partial charge in [0.1, 0.15) is 0 Å². The quantitative estimate of drug-likeness (QED) is 0.551. The maximum atomic E-state index is 12.2. The monoisotopic (exact) mass is 155 g/mol. The van der Waals surface area contributed by atoms with E-state index in [9.17, 15) is 8.78 Å². The largest absolute Gasteiger partial charge is 0.315 e. The Morgan fingerprint density at radius 1 is 1.22 bits per heavy atom. The van der Waals surface area contributed by atoms with Gasteiger partial charge < -0.3 is 5.32 Å². The number of rotatable bonds is 0. The van der Waals surface area contributed by atoms with Crippen molar-refractivity contribution in [2.75, 3.05) is 13.1 Å². The zero-order valence-electron chi connectivity index (χ0n) is 4.79. The lowest BCUT2D eigenvalue weighted by Gasteiger charge is -2.26. The Morgan fingerprint density at radius 2 is 1.67 bits per heavy atom. The van der Waals surface area contributed by atoms with Crippen molar-refractivity contribution < 1.29 is 8.78 Å². The molecule has 0 aromatic rings. The highest BCUT2D eigenvalue weighted by atomic mass is 35.5. The molecule has 1 saturated heterocycles. The second-order valence-corrected chi connectivity index (χ2v) is 2.77. The molecule has 2 fully saturated rings. The standard InChI is InChI=1S/C5H7F2N.ClH/c6-5(7)1-4(5)2-8-3-4;/h8H,1-3H2;1H. The number of hydrogen-bond acceptors (Lipinski definition) is 1. The highest BCUT2D eigenvalue weighted by molar-refractivity contribution is 5.85. The van der Waals surface area contributed by atoms with Gasteiger partial charge in [0.15, 0.2) is 0 Å². The van der Waals surface area contributed by atoms with Crippen LogP contribution in [0.3, 0.4) is 0 Å². The van der Waals surface area contributed by atoms with E-state index in [0.717, 1.165) is 0 Å². The second kappa shape index (κ2) is 1.58. The van der Waals surface area contributed by atoms with Gasteiger partial charge in [0.25, 0.3) is 5.92 Å². The minimum Gasteiger partial charge on any atom is -0.315 e. The summed E-state index contributed by atoms with van der Waals surface area (Å²) in [5.41, 5.74) is -0.576. The minimum absolute atomic E-state index is 0. The van der Waals surface area contributed by atoms with E-state index in [-0.39, 0.29) is 18.8 Å². The molecule has 0 amide bonds. The van der Waals surface area contributed by atoms with Crippen molar-refractivity contribution >= 4 is 12.4 Å². The molecule has 1 aliphatic heterocycles. The number of alkyl halides is 2. The van der Waals surface area contributed by atoms with Gasteiger partial charge >= 0.3 is 0 Å². The molecule has 1 saturated carbocycles. The minimum atomic E-state index is -2.32. The molecule has 1 N–H and O–H groups in total. The van der Waals surface area contributed by atoms with Crippen molar-refractivity contribution in [2.24, 2.45) is 5.41 Å². The molecular weight excluding hydrogens is 148 g/mol. The van der Waals surface area contributed by atoms with Crippen LogP contribution in [0.5, 0.6) is 0 Å². The third-order valence-electron chi connectivity index (χ3n) is 2.14. The molecule has 1 nitrogen and oxygen atoms in total. The molecule has 1 aliphatic carbocycles. The van der Waals surface area contributed by atoms with Gasteiger partial charge in [-0.15, -0.1) is 12.4 Å². The van der Waals surface area contributed by atoms with Gasteiger partial charge in [0.2, 0.25) is 0 Å². The topological polar surface area (TPSA) is 12.0 Å². The Bertz CT molecular complexity index is 133. The lowest BCUT2D eigenvalue weighted by Crippen LogP contribution is -2.47. The molecule has 0 bridgehead atoms. The summed E-state index contributed by atoms with van der Waals surface area (Å²) in [6.07, 6.45) is 0.118. The maximum Gasteiger partial charge on any atom is 0.257 e. The molecule has 0 atom stereocenters. The van der Waals surface area contributed by atoms with Crippen LogP contribution in [0.2, 0.25) is 0 Å². The van der Waals surface area contributed by atoms with Crippen molar-refractivity contribution in [2.45, 2.75) is 12.3 Å². The molecule has 4 heteroatoms.